The maximum atomic E-state index is 10.2. The Morgan fingerprint density at radius 2 is 1.95 bits per heavy atom. The summed E-state index contributed by atoms with van der Waals surface area (Å²) >= 11 is 12.0. The normalized spacial score (nSPS) is 27.8. The Hall–Kier alpha value is -0.240. The van der Waals surface area contributed by atoms with Crippen molar-refractivity contribution in [3.05, 3.63) is 33.8 Å². The molecule has 1 fully saturated rings. The third-order valence-corrected chi connectivity index (χ3v) is 5.15. The first-order valence-electron chi connectivity index (χ1n) is 7.09. The number of benzene rings is 1. The topological polar surface area (TPSA) is 20.2 Å². The van der Waals surface area contributed by atoms with Crippen LogP contribution in [0.5, 0.6) is 0 Å². The Morgan fingerprint density at radius 3 is 2.58 bits per heavy atom. The highest BCUT2D eigenvalue weighted by molar-refractivity contribution is 6.42. The molecule has 0 heterocycles. The lowest BCUT2D eigenvalue weighted by Gasteiger charge is -2.35. The summed E-state index contributed by atoms with van der Waals surface area (Å²) in [5, 5.41) is 11.4. The van der Waals surface area contributed by atoms with Crippen LogP contribution in [0.3, 0.4) is 0 Å². The van der Waals surface area contributed by atoms with Gasteiger partial charge in [0.2, 0.25) is 0 Å². The van der Waals surface area contributed by atoms with Gasteiger partial charge in [0.25, 0.3) is 0 Å². The average Bonchev–Trinajstić information content (AvgIpc) is 2.36. The van der Waals surface area contributed by atoms with Gasteiger partial charge in [-0.1, -0.05) is 43.1 Å². The number of hydrogen-bond acceptors (Lipinski definition) is 1. The summed E-state index contributed by atoms with van der Waals surface area (Å²) in [6, 6.07) is 5.78. The van der Waals surface area contributed by atoms with Crippen molar-refractivity contribution in [1.82, 2.24) is 0 Å². The largest absolute Gasteiger partial charge is 0.393 e. The fourth-order valence-corrected chi connectivity index (χ4v) is 3.40. The quantitative estimate of drug-likeness (QED) is 0.835. The standard InChI is InChI=1S/C16H22Cl2O/c1-10(2)12-4-6-16(19)13(9-12)7-11-3-5-14(17)15(18)8-11/h3,5,8,10,12-13,16,19H,4,6-7,9H2,1-2H3. The van der Waals surface area contributed by atoms with Gasteiger partial charge in [-0.3, -0.25) is 0 Å². The Kier molecular flexibility index (Phi) is 5.16. The summed E-state index contributed by atoms with van der Waals surface area (Å²) in [6.07, 6.45) is 3.90. The average molecular weight is 301 g/mol. The van der Waals surface area contributed by atoms with Gasteiger partial charge >= 0.3 is 0 Å². The van der Waals surface area contributed by atoms with Gasteiger partial charge in [0.05, 0.1) is 16.1 Å². The molecular weight excluding hydrogens is 279 g/mol. The van der Waals surface area contributed by atoms with Crippen molar-refractivity contribution in [2.75, 3.05) is 0 Å². The van der Waals surface area contributed by atoms with Crippen molar-refractivity contribution in [3.8, 4) is 0 Å². The summed E-state index contributed by atoms with van der Waals surface area (Å²) in [4.78, 5) is 0. The first-order valence-corrected chi connectivity index (χ1v) is 7.85. The van der Waals surface area contributed by atoms with E-state index in [2.05, 4.69) is 13.8 Å². The Balaban J connectivity index is 2.05. The molecule has 1 N–H and O–H groups in total. The molecular formula is C16H22Cl2O. The molecule has 0 spiro atoms. The molecule has 0 bridgehead atoms. The zero-order valence-corrected chi connectivity index (χ0v) is 13.1. The molecule has 1 nitrogen and oxygen atoms in total. The molecule has 1 aliphatic rings. The predicted molar refractivity (Wildman–Crippen MR) is 81.8 cm³/mol. The Morgan fingerprint density at radius 1 is 1.21 bits per heavy atom. The lowest BCUT2D eigenvalue weighted by molar-refractivity contribution is 0.0378. The number of halogens is 2. The van der Waals surface area contributed by atoms with Crippen molar-refractivity contribution in [1.29, 1.82) is 0 Å². The number of aliphatic hydroxyl groups is 1. The van der Waals surface area contributed by atoms with Gasteiger partial charge in [-0.2, -0.15) is 0 Å². The van der Waals surface area contributed by atoms with Gasteiger partial charge in [-0.15, -0.1) is 0 Å². The molecule has 0 aromatic heterocycles. The van der Waals surface area contributed by atoms with E-state index in [9.17, 15) is 5.11 Å². The van der Waals surface area contributed by atoms with E-state index in [-0.39, 0.29) is 6.10 Å². The van der Waals surface area contributed by atoms with E-state index >= 15 is 0 Å². The van der Waals surface area contributed by atoms with Crippen molar-refractivity contribution in [2.45, 2.75) is 45.6 Å². The van der Waals surface area contributed by atoms with Crippen LogP contribution in [0.15, 0.2) is 18.2 Å². The van der Waals surface area contributed by atoms with Crippen LogP contribution in [0.25, 0.3) is 0 Å². The fraction of sp³-hybridized carbons (Fsp3) is 0.625. The van der Waals surface area contributed by atoms with Crippen LogP contribution >= 0.6 is 23.2 Å². The second-order valence-corrected chi connectivity index (χ2v) is 6.91. The molecule has 0 amide bonds. The molecule has 2 rings (SSSR count). The second-order valence-electron chi connectivity index (χ2n) is 6.10. The molecule has 1 aromatic rings. The Bertz CT molecular complexity index is 431. The molecule has 106 valence electrons. The number of rotatable bonds is 3. The third-order valence-electron chi connectivity index (χ3n) is 4.41. The smallest absolute Gasteiger partial charge is 0.0595 e. The predicted octanol–water partition coefficient (Wildman–Crippen LogP) is 4.97. The molecule has 3 atom stereocenters. The van der Waals surface area contributed by atoms with E-state index in [1.54, 1.807) is 0 Å². The van der Waals surface area contributed by atoms with Gasteiger partial charge in [0, 0.05) is 0 Å². The number of hydrogen-bond donors (Lipinski definition) is 1. The molecule has 1 aromatic carbocycles. The maximum absolute atomic E-state index is 10.2. The fourth-order valence-electron chi connectivity index (χ4n) is 3.08. The first-order chi connectivity index (χ1) is 8.97. The molecule has 3 heteroatoms. The van der Waals surface area contributed by atoms with Gasteiger partial charge in [-0.05, 0) is 61.1 Å². The summed E-state index contributed by atoms with van der Waals surface area (Å²) in [6.45, 7) is 4.55. The highest BCUT2D eigenvalue weighted by atomic mass is 35.5. The molecule has 0 radical (unpaired) electrons. The van der Waals surface area contributed by atoms with Crippen LogP contribution in [0, 0.1) is 17.8 Å². The lowest BCUT2D eigenvalue weighted by Crippen LogP contribution is -2.32. The lowest BCUT2D eigenvalue weighted by atomic mass is 9.73. The first kappa shape index (κ1) is 15.2. The second kappa shape index (κ2) is 6.47. The summed E-state index contributed by atoms with van der Waals surface area (Å²) in [5.41, 5.74) is 1.17. The molecule has 19 heavy (non-hydrogen) atoms. The van der Waals surface area contributed by atoms with Crippen LogP contribution in [0.2, 0.25) is 10.0 Å². The molecule has 3 unspecified atom stereocenters. The maximum Gasteiger partial charge on any atom is 0.0595 e. The highest BCUT2D eigenvalue weighted by Gasteiger charge is 2.30. The molecule has 0 aliphatic heterocycles. The zero-order valence-electron chi connectivity index (χ0n) is 11.6. The minimum Gasteiger partial charge on any atom is -0.393 e. The van der Waals surface area contributed by atoms with Gasteiger partial charge in [0.15, 0.2) is 0 Å². The van der Waals surface area contributed by atoms with E-state index < -0.39 is 0 Å². The van der Waals surface area contributed by atoms with Gasteiger partial charge in [-0.25, -0.2) is 0 Å². The van der Waals surface area contributed by atoms with Crippen molar-refractivity contribution >= 4 is 23.2 Å². The van der Waals surface area contributed by atoms with E-state index in [0.29, 0.717) is 21.9 Å². The van der Waals surface area contributed by atoms with Crippen molar-refractivity contribution < 1.29 is 5.11 Å². The van der Waals surface area contributed by atoms with Crippen LogP contribution in [-0.2, 0) is 6.42 Å². The van der Waals surface area contributed by atoms with E-state index in [0.717, 1.165) is 31.6 Å². The highest BCUT2D eigenvalue weighted by Crippen LogP contribution is 2.36. The van der Waals surface area contributed by atoms with Crippen LogP contribution in [0.1, 0.15) is 38.7 Å². The monoisotopic (exact) mass is 300 g/mol. The summed E-state index contributed by atoms with van der Waals surface area (Å²) in [5.74, 6) is 1.78. The third kappa shape index (κ3) is 3.87. The van der Waals surface area contributed by atoms with Crippen LogP contribution < -0.4 is 0 Å². The van der Waals surface area contributed by atoms with E-state index in [4.69, 9.17) is 23.2 Å². The SMILES string of the molecule is CC(C)C1CCC(O)C(Cc2ccc(Cl)c(Cl)c2)C1. The van der Waals surface area contributed by atoms with Crippen molar-refractivity contribution in [3.63, 3.8) is 0 Å². The zero-order chi connectivity index (χ0) is 14.0. The van der Waals surface area contributed by atoms with Gasteiger partial charge < -0.3 is 5.11 Å². The number of aliphatic hydroxyl groups excluding tert-OH is 1. The molecule has 1 aliphatic carbocycles. The summed E-state index contributed by atoms with van der Waals surface area (Å²) < 4.78 is 0. The van der Waals surface area contributed by atoms with E-state index in [1.807, 2.05) is 18.2 Å². The van der Waals surface area contributed by atoms with Crippen molar-refractivity contribution in [2.24, 2.45) is 17.8 Å². The minimum absolute atomic E-state index is 0.176. The van der Waals surface area contributed by atoms with Crippen LogP contribution in [0.4, 0.5) is 0 Å². The molecule has 0 saturated heterocycles. The van der Waals surface area contributed by atoms with E-state index in [1.165, 1.54) is 5.56 Å². The summed E-state index contributed by atoms with van der Waals surface area (Å²) in [7, 11) is 0. The van der Waals surface area contributed by atoms with Gasteiger partial charge in [0.1, 0.15) is 0 Å². The van der Waals surface area contributed by atoms with Crippen LogP contribution in [-0.4, -0.2) is 11.2 Å². The minimum atomic E-state index is -0.176. The molecule has 1 saturated carbocycles. The Labute approximate surface area is 125 Å².